The zero-order valence-corrected chi connectivity index (χ0v) is 34.2. The lowest BCUT2D eigenvalue weighted by molar-refractivity contribution is 0.103. The average Bonchev–Trinajstić information content (AvgIpc) is 3.29. The predicted molar refractivity (Wildman–Crippen MR) is 233 cm³/mol. The lowest BCUT2D eigenvalue weighted by Gasteiger charge is -2.33. The van der Waals surface area contributed by atoms with Crippen molar-refractivity contribution >= 4 is 69.4 Å². The Balaban J connectivity index is 0.904. The Hall–Kier alpha value is -7.12. The SMILES string of the molecule is O=C1c2cc(-c3ccc(N4c5ccccc5S(=O)(=O)c5ccccc54)cc3)ccc2S(=O)(=O)c2cc(-c3ccc(N4c5ccccc5S(=O)(=O)c5ccccc54)cc3)ccc21. The van der Waals surface area contributed by atoms with E-state index in [1.54, 1.807) is 121 Å². The predicted octanol–water partition coefficient (Wildman–Crippen LogP) is 10.6. The number of para-hydroxylation sites is 4. The fourth-order valence-corrected chi connectivity index (χ4v) is 13.5. The van der Waals surface area contributed by atoms with Crippen molar-refractivity contribution in [1.29, 1.82) is 0 Å². The van der Waals surface area contributed by atoms with Crippen LogP contribution in [-0.4, -0.2) is 31.0 Å². The monoisotopic (exact) mass is 854 g/mol. The first-order valence-electron chi connectivity index (χ1n) is 19.2. The van der Waals surface area contributed by atoms with Crippen molar-refractivity contribution in [1.82, 2.24) is 0 Å². The zero-order chi connectivity index (χ0) is 41.8. The van der Waals surface area contributed by atoms with Gasteiger partial charge in [0.05, 0.1) is 52.1 Å². The van der Waals surface area contributed by atoms with Gasteiger partial charge in [-0.15, -0.1) is 0 Å². The first kappa shape index (κ1) is 36.9. The molecule has 12 heteroatoms. The molecule has 0 N–H and O–H groups in total. The van der Waals surface area contributed by atoms with Crippen LogP contribution < -0.4 is 9.80 Å². The molecule has 11 rings (SSSR count). The number of fused-ring (bicyclic) bond motifs is 6. The second-order valence-corrected chi connectivity index (χ2v) is 20.6. The molecule has 8 aromatic carbocycles. The summed E-state index contributed by atoms with van der Waals surface area (Å²) in [5.41, 5.74) is 6.43. The summed E-state index contributed by atoms with van der Waals surface area (Å²) < 4.78 is 82.4. The van der Waals surface area contributed by atoms with Gasteiger partial charge in [-0.05, 0) is 119 Å². The van der Waals surface area contributed by atoms with Crippen LogP contribution in [0, 0.1) is 0 Å². The van der Waals surface area contributed by atoms with Crippen LogP contribution in [0.25, 0.3) is 22.3 Å². The maximum atomic E-state index is 14.2. The van der Waals surface area contributed by atoms with E-state index in [0.717, 1.165) is 16.9 Å². The number of sulfone groups is 3. The zero-order valence-electron chi connectivity index (χ0n) is 31.8. The molecular formula is C49H30N2O7S3. The first-order valence-corrected chi connectivity index (χ1v) is 23.6. The minimum absolute atomic E-state index is 0.0713. The molecule has 3 heterocycles. The van der Waals surface area contributed by atoms with Crippen LogP contribution in [0.1, 0.15) is 15.9 Å². The van der Waals surface area contributed by atoms with E-state index in [2.05, 4.69) is 0 Å². The van der Waals surface area contributed by atoms with Gasteiger partial charge >= 0.3 is 0 Å². The van der Waals surface area contributed by atoms with E-state index in [0.29, 0.717) is 39.4 Å². The molecule has 0 saturated carbocycles. The van der Waals surface area contributed by atoms with E-state index in [9.17, 15) is 30.0 Å². The van der Waals surface area contributed by atoms with Crippen molar-refractivity contribution < 1.29 is 30.0 Å². The Labute approximate surface area is 352 Å². The number of anilines is 6. The van der Waals surface area contributed by atoms with Crippen LogP contribution in [0.3, 0.4) is 0 Å². The normalized spacial score (nSPS) is 16.0. The molecule has 296 valence electrons. The third kappa shape index (κ3) is 5.42. The quantitative estimate of drug-likeness (QED) is 0.170. The lowest BCUT2D eigenvalue weighted by Crippen LogP contribution is -2.22. The highest BCUT2D eigenvalue weighted by Crippen LogP contribution is 2.50. The Morgan fingerprint density at radius 3 is 1.07 bits per heavy atom. The Bertz CT molecular complexity index is 3440. The molecule has 0 saturated heterocycles. The summed E-state index contributed by atoms with van der Waals surface area (Å²) in [6, 6.07) is 52.0. The van der Waals surface area contributed by atoms with Gasteiger partial charge in [0.1, 0.15) is 0 Å². The highest BCUT2D eigenvalue weighted by Gasteiger charge is 2.38. The molecule has 0 bridgehead atoms. The van der Waals surface area contributed by atoms with Crippen molar-refractivity contribution in [3.8, 4) is 22.3 Å². The third-order valence-electron chi connectivity index (χ3n) is 11.5. The number of nitrogens with zero attached hydrogens (tertiary/aromatic N) is 2. The molecule has 0 aliphatic carbocycles. The number of hydrogen-bond donors (Lipinski definition) is 0. The van der Waals surface area contributed by atoms with Crippen LogP contribution in [0.5, 0.6) is 0 Å². The smallest absolute Gasteiger partial charge is 0.210 e. The van der Waals surface area contributed by atoms with Gasteiger partial charge in [0.25, 0.3) is 0 Å². The van der Waals surface area contributed by atoms with Crippen molar-refractivity contribution in [3.63, 3.8) is 0 Å². The second kappa shape index (κ2) is 13.2. The summed E-state index contributed by atoms with van der Waals surface area (Å²) in [6.45, 7) is 0. The number of carbonyl (C=O) groups is 1. The second-order valence-electron chi connectivity index (χ2n) is 14.9. The van der Waals surface area contributed by atoms with Gasteiger partial charge in [-0.1, -0.05) is 84.9 Å². The molecule has 0 amide bonds. The van der Waals surface area contributed by atoms with Crippen molar-refractivity contribution in [3.05, 3.63) is 193 Å². The molecule has 61 heavy (non-hydrogen) atoms. The lowest BCUT2D eigenvalue weighted by atomic mass is 9.95. The van der Waals surface area contributed by atoms with Gasteiger partial charge in [-0.25, -0.2) is 25.3 Å². The van der Waals surface area contributed by atoms with Crippen LogP contribution >= 0.6 is 0 Å². The van der Waals surface area contributed by atoms with E-state index in [1.807, 2.05) is 58.3 Å². The molecule has 0 aromatic heterocycles. The minimum atomic E-state index is -4.10. The molecule has 0 radical (unpaired) electrons. The summed E-state index contributed by atoms with van der Waals surface area (Å²) in [7, 11) is -11.5. The topological polar surface area (TPSA) is 126 Å². The fraction of sp³-hybridized carbons (Fsp3) is 0. The number of hydrogen-bond acceptors (Lipinski definition) is 9. The fourth-order valence-electron chi connectivity index (χ4n) is 8.63. The van der Waals surface area contributed by atoms with Crippen LogP contribution in [0.4, 0.5) is 34.1 Å². The summed E-state index contributed by atoms with van der Waals surface area (Å²) in [4.78, 5) is 18.6. The Morgan fingerprint density at radius 2 is 0.639 bits per heavy atom. The van der Waals surface area contributed by atoms with E-state index in [1.165, 1.54) is 12.1 Å². The molecule has 8 aromatic rings. The van der Waals surface area contributed by atoms with Gasteiger partial charge in [0.15, 0.2) is 5.78 Å². The van der Waals surface area contributed by atoms with E-state index >= 15 is 0 Å². The molecule has 0 fully saturated rings. The van der Waals surface area contributed by atoms with Gasteiger partial charge in [0.2, 0.25) is 29.5 Å². The van der Waals surface area contributed by atoms with Gasteiger partial charge in [-0.2, -0.15) is 0 Å². The molecule has 0 atom stereocenters. The number of ketones is 1. The maximum Gasteiger partial charge on any atom is 0.210 e. The molecule has 3 aliphatic rings. The van der Waals surface area contributed by atoms with Gasteiger partial charge in [-0.3, -0.25) is 4.79 Å². The molecule has 3 aliphatic heterocycles. The van der Waals surface area contributed by atoms with Gasteiger partial charge in [0, 0.05) is 22.5 Å². The van der Waals surface area contributed by atoms with Crippen molar-refractivity contribution in [2.75, 3.05) is 9.80 Å². The van der Waals surface area contributed by atoms with Gasteiger partial charge < -0.3 is 9.80 Å². The highest BCUT2D eigenvalue weighted by atomic mass is 32.2. The molecule has 9 nitrogen and oxygen atoms in total. The van der Waals surface area contributed by atoms with Crippen LogP contribution in [0.15, 0.2) is 211 Å². The van der Waals surface area contributed by atoms with Crippen molar-refractivity contribution in [2.24, 2.45) is 0 Å². The summed E-state index contributed by atoms with van der Waals surface area (Å²) >= 11 is 0. The largest absolute Gasteiger partial charge is 0.308 e. The average molecular weight is 855 g/mol. The minimum Gasteiger partial charge on any atom is -0.308 e. The first-order chi connectivity index (χ1) is 29.4. The summed E-state index contributed by atoms with van der Waals surface area (Å²) in [6.07, 6.45) is 0. The number of rotatable bonds is 4. The van der Waals surface area contributed by atoms with Crippen LogP contribution in [0.2, 0.25) is 0 Å². The highest BCUT2D eigenvalue weighted by molar-refractivity contribution is 7.92. The standard InChI is InChI=1S/C49H30N2O7S3/c52-49-37-27-21-34(32-19-25-36(26-20-32)51-41-11-3-7-15-46(41)61(57,58)47-16-8-4-12-42(47)51)30-48(37)59(53,54)43-28-22-33(29-38(43)49)31-17-23-35(24-18-31)50-39-9-1-5-13-44(39)60(55,56)45-14-6-2-10-40(45)50/h1-30H. The summed E-state index contributed by atoms with van der Waals surface area (Å²) in [5, 5.41) is 0. The molecule has 0 spiro atoms. The van der Waals surface area contributed by atoms with E-state index in [4.69, 9.17) is 0 Å². The van der Waals surface area contributed by atoms with Crippen molar-refractivity contribution in [2.45, 2.75) is 29.4 Å². The van der Waals surface area contributed by atoms with Crippen LogP contribution in [-0.2, 0) is 29.5 Å². The Kier molecular flexibility index (Phi) is 7.98. The molecule has 0 unspecified atom stereocenters. The third-order valence-corrected chi connectivity index (χ3v) is 17.1. The van der Waals surface area contributed by atoms with E-state index < -0.39 is 35.3 Å². The number of carbonyl (C=O) groups excluding carboxylic acids is 1. The molecular weight excluding hydrogens is 825 g/mol. The maximum absolute atomic E-state index is 14.2. The summed E-state index contributed by atoms with van der Waals surface area (Å²) in [5.74, 6) is -0.402. The number of benzene rings is 8. The Morgan fingerprint density at radius 1 is 0.295 bits per heavy atom. The van der Waals surface area contributed by atoms with E-state index in [-0.39, 0.29) is 40.5 Å².